The summed E-state index contributed by atoms with van der Waals surface area (Å²) >= 11 is 9.08. The zero-order chi connectivity index (χ0) is 10.8. The van der Waals surface area contributed by atoms with Crippen LogP contribution in [0.5, 0.6) is 0 Å². The largest absolute Gasteiger partial charge is 0.350 e. The number of hydrogen-bond acceptors (Lipinski definition) is 3. The summed E-state index contributed by atoms with van der Waals surface area (Å²) in [5.74, 6) is -0.117. The number of rotatable bonds is 3. The van der Waals surface area contributed by atoms with Gasteiger partial charge in [0.05, 0.1) is 6.54 Å². The third kappa shape index (κ3) is 2.51. The molecular formula is C10H10ClNOS2. The van der Waals surface area contributed by atoms with E-state index in [2.05, 4.69) is 22.8 Å². The van der Waals surface area contributed by atoms with Gasteiger partial charge in [-0.2, -0.15) is 0 Å². The van der Waals surface area contributed by atoms with Crippen molar-refractivity contribution in [2.45, 2.75) is 18.8 Å². The number of hydrogen-bond donors (Lipinski definition) is 1. The van der Waals surface area contributed by atoms with Gasteiger partial charge >= 0.3 is 0 Å². The molecule has 0 aliphatic heterocycles. The fourth-order valence-corrected chi connectivity index (χ4v) is 3.37. The fourth-order valence-electron chi connectivity index (χ4n) is 1.22. The van der Waals surface area contributed by atoms with Gasteiger partial charge in [0.2, 0.25) is 5.91 Å². The van der Waals surface area contributed by atoms with E-state index in [1.54, 1.807) is 29.6 Å². The fraction of sp³-hybridized carbons (Fsp3) is 0.300. The molecule has 0 aliphatic carbocycles. The smallest absolute Gasteiger partial charge is 0.238 e. The third-order valence-electron chi connectivity index (χ3n) is 1.99. The van der Waals surface area contributed by atoms with Crippen LogP contribution in [0.1, 0.15) is 11.8 Å². The van der Waals surface area contributed by atoms with Crippen LogP contribution in [-0.4, -0.2) is 11.3 Å². The zero-order valence-corrected chi connectivity index (χ0v) is 10.5. The lowest BCUT2D eigenvalue weighted by atomic mass is 10.4. The summed E-state index contributed by atoms with van der Waals surface area (Å²) in [5.41, 5.74) is 0. The second-order valence-corrected chi connectivity index (χ2v) is 5.97. The lowest BCUT2D eigenvalue weighted by Gasteiger charge is -2.03. The molecule has 0 fully saturated rings. The number of carbonyl (C=O) groups is 1. The van der Waals surface area contributed by atoms with Crippen LogP contribution in [0.2, 0.25) is 0 Å². The molecule has 2 rings (SSSR count). The molecule has 1 N–H and O–H groups in total. The summed E-state index contributed by atoms with van der Waals surface area (Å²) in [6, 6.07) is 4.21. The number of alkyl halides is 1. The van der Waals surface area contributed by atoms with E-state index in [-0.39, 0.29) is 5.91 Å². The van der Waals surface area contributed by atoms with Gasteiger partial charge in [-0.05, 0) is 24.4 Å². The highest BCUT2D eigenvalue weighted by Crippen LogP contribution is 2.29. The van der Waals surface area contributed by atoms with Gasteiger partial charge in [0.1, 0.15) is 5.38 Å². The van der Waals surface area contributed by atoms with Crippen LogP contribution in [0.25, 0.3) is 9.40 Å². The molecule has 2 aromatic heterocycles. The van der Waals surface area contributed by atoms with Crippen LogP contribution in [0.3, 0.4) is 0 Å². The maximum Gasteiger partial charge on any atom is 0.238 e. The molecule has 0 bridgehead atoms. The lowest BCUT2D eigenvalue weighted by Crippen LogP contribution is -2.28. The van der Waals surface area contributed by atoms with Gasteiger partial charge in [-0.1, -0.05) is 0 Å². The normalized spacial score (nSPS) is 12.9. The Bertz CT molecular complexity index is 446. The van der Waals surface area contributed by atoms with E-state index in [1.165, 1.54) is 14.3 Å². The van der Waals surface area contributed by atoms with E-state index in [4.69, 9.17) is 11.6 Å². The van der Waals surface area contributed by atoms with Gasteiger partial charge in [0.15, 0.2) is 0 Å². The number of nitrogens with one attached hydrogen (secondary N) is 1. The number of amides is 1. The maximum atomic E-state index is 11.2. The van der Waals surface area contributed by atoms with Crippen molar-refractivity contribution in [3.05, 3.63) is 22.4 Å². The molecule has 80 valence electrons. The standard InChI is InChI=1S/C10H10ClNOS2/c1-6(11)10(13)12-5-7-4-9-8(15-7)2-3-14-9/h2-4,6H,5H2,1H3,(H,12,13). The van der Waals surface area contributed by atoms with E-state index >= 15 is 0 Å². The predicted octanol–water partition coefficient (Wildman–Crippen LogP) is 3.21. The summed E-state index contributed by atoms with van der Waals surface area (Å²) in [6.07, 6.45) is 0. The van der Waals surface area contributed by atoms with Gasteiger partial charge < -0.3 is 5.32 Å². The molecule has 2 heterocycles. The minimum absolute atomic E-state index is 0.117. The van der Waals surface area contributed by atoms with Crippen molar-refractivity contribution in [2.75, 3.05) is 0 Å². The lowest BCUT2D eigenvalue weighted by molar-refractivity contribution is -0.120. The Morgan fingerprint density at radius 2 is 2.40 bits per heavy atom. The first-order valence-corrected chi connectivity index (χ1v) is 6.68. The highest BCUT2D eigenvalue weighted by atomic mass is 35.5. The predicted molar refractivity (Wildman–Crippen MR) is 66.9 cm³/mol. The van der Waals surface area contributed by atoms with Crippen LogP contribution in [-0.2, 0) is 11.3 Å². The molecule has 0 aliphatic rings. The van der Waals surface area contributed by atoms with E-state index in [9.17, 15) is 4.79 Å². The van der Waals surface area contributed by atoms with Crippen molar-refractivity contribution in [3.8, 4) is 0 Å². The summed E-state index contributed by atoms with van der Waals surface area (Å²) in [5, 5.41) is 4.40. The van der Waals surface area contributed by atoms with Crippen LogP contribution >= 0.6 is 34.3 Å². The monoisotopic (exact) mass is 259 g/mol. The Morgan fingerprint density at radius 1 is 1.60 bits per heavy atom. The molecule has 0 saturated heterocycles. The average Bonchev–Trinajstić information content (AvgIpc) is 2.72. The molecule has 1 unspecified atom stereocenters. The first-order valence-electron chi connectivity index (χ1n) is 4.54. The van der Waals surface area contributed by atoms with Crippen LogP contribution < -0.4 is 5.32 Å². The Kier molecular flexibility index (Phi) is 3.29. The van der Waals surface area contributed by atoms with Gasteiger partial charge in [-0.25, -0.2) is 0 Å². The summed E-state index contributed by atoms with van der Waals surface area (Å²) in [6.45, 7) is 2.24. The highest BCUT2D eigenvalue weighted by Gasteiger charge is 2.09. The van der Waals surface area contributed by atoms with Crippen molar-refractivity contribution in [1.82, 2.24) is 5.32 Å². The molecule has 2 nitrogen and oxygen atoms in total. The summed E-state index contributed by atoms with van der Waals surface area (Å²) in [4.78, 5) is 12.4. The topological polar surface area (TPSA) is 29.1 Å². The molecule has 1 atom stereocenters. The minimum Gasteiger partial charge on any atom is -0.350 e. The van der Waals surface area contributed by atoms with Crippen molar-refractivity contribution >= 4 is 49.6 Å². The number of carbonyl (C=O) groups excluding carboxylic acids is 1. The van der Waals surface area contributed by atoms with Crippen molar-refractivity contribution in [1.29, 1.82) is 0 Å². The van der Waals surface area contributed by atoms with Gasteiger partial charge in [-0.15, -0.1) is 34.3 Å². The Labute approximate surface area is 101 Å². The number of halogens is 1. The Balaban J connectivity index is 2.01. The van der Waals surface area contributed by atoms with E-state index in [1.807, 2.05) is 0 Å². The first-order chi connectivity index (χ1) is 7.16. The van der Waals surface area contributed by atoms with Crippen molar-refractivity contribution < 1.29 is 4.79 Å². The second kappa shape index (κ2) is 4.51. The van der Waals surface area contributed by atoms with Crippen LogP contribution in [0.15, 0.2) is 17.5 Å². The highest BCUT2D eigenvalue weighted by molar-refractivity contribution is 7.26. The molecule has 0 spiro atoms. The number of thiophene rings is 2. The van der Waals surface area contributed by atoms with E-state index in [0.29, 0.717) is 6.54 Å². The summed E-state index contributed by atoms with van der Waals surface area (Å²) in [7, 11) is 0. The van der Waals surface area contributed by atoms with Gasteiger partial charge in [0, 0.05) is 14.3 Å². The molecule has 0 radical (unpaired) electrons. The Hall–Kier alpha value is -0.580. The molecular weight excluding hydrogens is 250 g/mol. The second-order valence-electron chi connectivity index (χ2n) is 3.20. The van der Waals surface area contributed by atoms with Crippen molar-refractivity contribution in [2.24, 2.45) is 0 Å². The van der Waals surface area contributed by atoms with E-state index in [0.717, 1.165) is 0 Å². The molecule has 1 amide bonds. The molecule has 5 heteroatoms. The maximum absolute atomic E-state index is 11.2. The summed E-state index contributed by atoms with van der Waals surface area (Å²) < 4.78 is 2.56. The van der Waals surface area contributed by atoms with Crippen molar-refractivity contribution in [3.63, 3.8) is 0 Å². The Morgan fingerprint density at radius 3 is 3.07 bits per heavy atom. The average molecular weight is 260 g/mol. The third-order valence-corrected chi connectivity index (χ3v) is 4.28. The first kappa shape index (κ1) is 10.9. The molecule has 0 aromatic carbocycles. The number of fused-ring (bicyclic) bond motifs is 1. The SMILES string of the molecule is CC(Cl)C(=O)NCc1cc2sccc2s1. The zero-order valence-electron chi connectivity index (χ0n) is 8.12. The minimum atomic E-state index is -0.467. The van der Waals surface area contributed by atoms with E-state index < -0.39 is 5.38 Å². The van der Waals surface area contributed by atoms with Crippen LogP contribution in [0, 0.1) is 0 Å². The van der Waals surface area contributed by atoms with Gasteiger partial charge in [-0.3, -0.25) is 4.79 Å². The van der Waals surface area contributed by atoms with Gasteiger partial charge in [0.25, 0.3) is 0 Å². The van der Waals surface area contributed by atoms with Crippen LogP contribution in [0.4, 0.5) is 0 Å². The molecule has 2 aromatic rings. The quantitative estimate of drug-likeness (QED) is 0.843. The molecule has 15 heavy (non-hydrogen) atoms. The molecule has 0 saturated carbocycles.